The van der Waals surface area contributed by atoms with Crippen LogP contribution in [0.25, 0.3) is 0 Å². The lowest BCUT2D eigenvalue weighted by Gasteiger charge is -2.26. The molecule has 5 nitrogen and oxygen atoms in total. The Morgan fingerprint density at radius 2 is 2.05 bits per heavy atom. The molecule has 1 aromatic carbocycles. The molecule has 21 heavy (non-hydrogen) atoms. The highest BCUT2D eigenvalue weighted by atomic mass is 35.5. The third-order valence-electron chi connectivity index (χ3n) is 3.01. The second kappa shape index (κ2) is 11.0. The molecule has 1 atom stereocenters. The maximum absolute atomic E-state index is 10.5. The number of aldehydes is 1. The van der Waals surface area contributed by atoms with E-state index in [1.807, 2.05) is 13.8 Å². The first-order valence-corrected chi connectivity index (χ1v) is 6.82. The molecule has 6 heteroatoms. The van der Waals surface area contributed by atoms with E-state index in [0.29, 0.717) is 10.6 Å². The third kappa shape index (κ3) is 7.58. The molecule has 1 unspecified atom stereocenters. The van der Waals surface area contributed by atoms with Crippen molar-refractivity contribution in [2.24, 2.45) is 5.92 Å². The van der Waals surface area contributed by atoms with Crippen molar-refractivity contribution in [2.45, 2.75) is 12.8 Å². The highest BCUT2D eigenvalue weighted by Crippen LogP contribution is 2.14. The van der Waals surface area contributed by atoms with Crippen molar-refractivity contribution in [1.82, 2.24) is 4.90 Å². The Balaban J connectivity index is 0.000000342. The van der Waals surface area contributed by atoms with Gasteiger partial charge in [-0.1, -0.05) is 29.8 Å². The Morgan fingerprint density at radius 1 is 1.43 bits per heavy atom. The van der Waals surface area contributed by atoms with Gasteiger partial charge in [-0.15, -0.1) is 0 Å². The predicted octanol–water partition coefficient (Wildman–Crippen LogP) is 2.38. The SMILES string of the molecule is C=O.CN1CCCC(C(=O)O)C1.O=Cc1ccccc1Cl. The highest BCUT2D eigenvalue weighted by Gasteiger charge is 2.22. The summed E-state index contributed by atoms with van der Waals surface area (Å²) in [5, 5.41) is 9.14. The molecular weight excluding hydrogens is 294 g/mol. The van der Waals surface area contributed by atoms with E-state index >= 15 is 0 Å². The van der Waals surface area contributed by atoms with E-state index in [1.54, 1.807) is 24.3 Å². The van der Waals surface area contributed by atoms with Crippen LogP contribution < -0.4 is 0 Å². The number of nitrogens with zero attached hydrogens (tertiary/aromatic N) is 1. The first-order valence-electron chi connectivity index (χ1n) is 6.44. The van der Waals surface area contributed by atoms with Gasteiger partial charge in [0.2, 0.25) is 0 Å². The molecule has 0 bridgehead atoms. The van der Waals surface area contributed by atoms with Crippen molar-refractivity contribution in [3.8, 4) is 0 Å². The van der Waals surface area contributed by atoms with Crippen molar-refractivity contribution in [3.05, 3.63) is 34.9 Å². The molecule has 0 saturated carbocycles. The van der Waals surface area contributed by atoms with Gasteiger partial charge in [-0.25, -0.2) is 0 Å². The number of carbonyl (C=O) groups excluding carboxylic acids is 2. The van der Waals surface area contributed by atoms with Crippen LogP contribution in [0.3, 0.4) is 0 Å². The zero-order valence-electron chi connectivity index (χ0n) is 12.0. The monoisotopic (exact) mass is 313 g/mol. The largest absolute Gasteiger partial charge is 0.481 e. The van der Waals surface area contributed by atoms with Gasteiger partial charge >= 0.3 is 5.97 Å². The van der Waals surface area contributed by atoms with Gasteiger partial charge in [0.05, 0.1) is 10.9 Å². The number of halogens is 1. The standard InChI is InChI=1S/C7H5ClO.C7H13NO2.CH2O/c8-7-4-2-1-3-6(7)5-9;1-8-4-2-3-6(5-8)7(9)10;1-2/h1-5H;6H,2-5H2,1H3,(H,9,10);1H2. The Hall–Kier alpha value is -1.72. The van der Waals surface area contributed by atoms with Gasteiger partial charge in [-0.3, -0.25) is 9.59 Å². The van der Waals surface area contributed by atoms with Crippen LogP contribution in [0, 0.1) is 5.92 Å². The molecule has 1 saturated heterocycles. The van der Waals surface area contributed by atoms with Crippen molar-refractivity contribution >= 4 is 30.6 Å². The number of hydrogen-bond donors (Lipinski definition) is 1. The number of rotatable bonds is 2. The van der Waals surface area contributed by atoms with Crippen LogP contribution in [0.5, 0.6) is 0 Å². The van der Waals surface area contributed by atoms with E-state index < -0.39 is 5.97 Å². The summed E-state index contributed by atoms with van der Waals surface area (Å²) in [5.74, 6) is -0.773. The molecular formula is C15H20ClNO4. The lowest BCUT2D eigenvalue weighted by atomic mass is 9.99. The zero-order chi connectivity index (χ0) is 16.3. The van der Waals surface area contributed by atoms with Crippen molar-refractivity contribution < 1.29 is 19.5 Å². The number of benzene rings is 1. The zero-order valence-corrected chi connectivity index (χ0v) is 12.8. The van der Waals surface area contributed by atoms with Crippen LogP contribution in [-0.2, 0) is 9.59 Å². The van der Waals surface area contributed by atoms with Crippen LogP contribution in [0.2, 0.25) is 5.02 Å². The van der Waals surface area contributed by atoms with Gasteiger partial charge in [0.15, 0.2) is 6.29 Å². The van der Waals surface area contributed by atoms with Crippen molar-refractivity contribution in [3.63, 3.8) is 0 Å². The molecule has 116 valence electrons. The fourth-order valence-corrected chi connectivity index (χ4v) is 2.12. The fraction of sp³-hybridized carbons (Fsp3) is 0.400. The topological polar surface area (TPSA) is 74.7 Å². The van der Waals surface area contributed by atoms with E-state index in [1.165, 1.54) is 0 Å². The smallest absolute Gasteiger partial charge is 0.307 e. The number of hydrogen-bond acceptors (Lipinski definition) is 4. The summed E-state index contributed by atoms with van der Waals surface area (Å²) >= 11 is 5.59. The van der Waals surface area contributed by atoms with Crippen LogP contribution in [0.1, 0.15) is 23.2 Å². The van der Waals surface area contributed by atoms with Crippen LogP contribution >= 0.6 is 11.6 Å². The number of likely N-dealkylation sites (tertiary alicyclic amines) is 1. The van der Waals surface area contributed by atoms with E-state index in [4.69, 9.17) is 21.5 Å². The Labute approximate surface area is 129 Å². The molecule has 1 N–H and O–H groups in total. The van der Waals surface area contributed by atoms with Crippen LogP contribution in [-0.4, -0.2) is 49.2 Å². The van der Waals surface area contributed by atoms with Crippen LogP contribution in [0.15, 0.2) is 24.3 Å². The minimum absolute atomic E-state index is 0.126. The number of carboxylic acid groups (broad SMARTS) is 1. The molecule has 0 aromatic heterocycles. The molecule has 1 aliphatic heterocycles. The number of piperidine rings is 1. The molecule has 2 rings (SSSR count). The summed E-state index contributed by atoms with van der Waals surface area (Å²) in [5.41, 5.74) is 0.541. The number of carbonyl (C=O) groups is 3. The molecule has 0 aliphatic carbocycles. The van der Waals surface area contributed by atoms with E-state index in [0.717, 1.165) is 32.2 Å². The summed E-state index contributed by atoms with van der Waals surface area (Å²) in [6, 6.07) is 6.92. The van der Waals surface area contributed by atoms with Gasteiger partial charge in [-0.2, -0.15) is 0 Å². The molecule has 1 fully saturated rings. The minimum Gasteiger partial charge on any atom is -0.481 e. The normalized spacial score (nSPS) is 17.5. The lowest BCUT2D eigenvalue weighted by Crippen LogP contribution is -2.35. The first kappa shape index (κ1) is 19.3. The average molecular weight is 314 g/mol. The van der Waals surface area contributed by atoms with Crippen molar-refractivity contribution in [2.75, 3.05) is 20.1 Å². The van der Waals surface area contributed by atoms with Gasteiger partial charge in [0.1, 0.15) is 6.79 Å². The highest BCUT2D eigenvalue weighted by molar-refractivity contribution is 6.32. The summed E-state index contributed by atoms with van der Waals surface area (Å²) in [6.07, 6.45) is 2.61. The van der Waals surface area contributed by atoms with Crippen LogP contribution in [0.4, 0.5) is 0 Å². The summed E-state index contributed by atoms with van der Waals surface area (Å²) in [7, 11) is 1.97. The quantitative estimate of drug-likeness (QED) is 0.848. The number of carboxylic acids is 1. The maximum Gasteiger partial charge on any atom is 0.307 e. The second-order valence-corrected chi connectivity index (χ2v) is 4.99. The Bertz CT molecular complexity index is 453. The van der Waals surface area contributed by atoms with E-state index in [2.05, 4.69) is 4.90 Å². The summed E-state index contributed by atoms with van der Waals surface area (Å²) in [4.78, 5) is 30.7. The molecule has 1 heterocycles. The number of aliphatic carboxylic acids is 1. The Morgan fingerprint density at radius 3 is 2.43 bits per heavy atom. The lowest BCUT2D eigenvalue weighted by molar-refractivity contribution is -0.143. The second-order valence-electron chi connectivity index (χ2n) is 4.58. The first-order chi connectivity index (χ1) is 10.0. The fourth-order valence-electron chi connectivity index (χ4n) is 1.94. The van der Waals surface area contributed by atoms with E-state index in [9.17, 15) is 9.59 Å². The van der Waals surface area contributed by atoms with Crippen molar-refractivity contribution in [1.29, 1.82) is 0 Å². The van der Waals surface area contributed by atoms with E-state index in [-0.39, 0.29) is 5.92 Å². The molecule has 0 radical (unpaired) electrons. The summed E-state index contributed by atoms with van der Waals surface area (Å²) < 4.78 is 0. The summed E-state index contributed by atoms with van der Waals surface area (Å²) in [6.45, 7) is 3.76. The molecule has 0 spiro atoms. The van der Waals surface area contributed by atoms with Gasteiger partial charge < -0.3 is 14.8 Å². The average Bonchev–Trinajstić information content (AvgIpc) is 2.50. The third-order valence-corrected chi connectivity index (χ3v) is 3.35. The molecule has 1 aromatic rings. The van der Waals surface area contributed by atoms with Gasteiger partial charge in [0, 0.05) is 12.1 Å². The van der Waals surface area contributed by atoms with Gasteiger partial charge in [-0.05, 0) is 32.5 Å². The molecule has 1 aliphatic rings. The minimum atomic E-state index is -0.647. The maximum atomic E-state index is 10.5. The van der Waals surface area contributed by atoms with Gasteiger partial charge in [0.25, 0.3) is 0 Å². The molecule has 0 amide bonds. The predicted molar refractivity (Wildman–Crippen MR) is 81.8 cm³/mol. The Kier molecular flexibility index (Phi) is 10.1.